The van der Waals surface area contributed by atoms with Crippen molar-refractivity contribution in [2.75, 3.05) is 0 Å². The van der Waals surface area contributed by atoms with Crippen molar-refractivity contribution in [3.63, 3.8) is 0 Å². The summed E-state index contributed by atoms with van der Waals surface area (Å²) in [4.78, 5) is 15.1. The van der Waals surface area contributed by atoms with Gasteiger partial charge in [0, 0.05) is 5.38 Å². The number of hydrogen-bond donors (Lipinski definition) is 0. The van der Waals surface area contributed by atoms with E-state index in [4.69, 9.17) is 4.74 Å². The molecule has 0 N–H and O–H groups in total. The molecule has 0 aliphatic rings. The average Bonchev–Trinajstić information content (AvgIpc) is 2.60. The molecule has 0 radical (unpaired) electrons. The van der Waals surface area contributed by atoms with Crippen LogP contribution in [0.25, 0.3) is 5.57 Å². The fourth-order valence-corrected chi connectivity index (χ4v) is 2.56. The molecule has 0 unspecified atom stereocenters. The lowest BCUT2D eigenvalue weighted by atomic mass is 10.1. The topological polar surface area (TPSA) is 38.7 Å². The van der Waals surface area contributed by atoms with Crippen molar-refractivity contribution in [2.45, 2.75) is 40.7 Å². The molecule has 18 heavy (non-hydrogen) atoms. The Morgan fingerprint density at radius 2 is 2.11 bits per heavy atom. The average molecular weight is 265 g/mol. The Morgan fingerprint density at radius 1 is 1.44 bits per heavy atom. The third-order valence-corrected chi connectivity index (χ3v) is 3.27. The van der Waals surface area contributed by atoms with E-state index in [1.807, 2.05) is 26.2 Å². The summed E-state index contributed by atoms with van der Waals surface area (Å²) in [6.07, 6.45) is 3.79. The highest BCUT2D eigenvalue weighted by Crippen LogP contribution is 2.42. The molecule has 0 bridgehead atoms. The maximum atomic E-state index is 10.4. The number of hydrogen-bond acceptors (Lipinski definition) is 4. The summed E-state index contributed by atoms with van der Waals surface area (Å²) >= 11 is 1.54. The second-order valence-corrected chi connectivity index (χ2v) is 5.62. The predicted octanol–water partition coefficient (Wildman–Crippen LogP) is 4.56. The van der Waals surface area contributed by atoms with Crippen LogP contribution < -0.4 is 4.74 Å². The van der Waals surface area contributed by atoms with Gasteiger partial charge >= 0.3 is 0 Å². The van der Waals surface area contributed by atoms with E-state index in [1.165, 1.54) is 0 Å². The van der Waals surface area contributed by atoms with Gasteiger partial charge in [-0.2, -0.15) is 4.99 Å². The van der Waals surface area contributed by atoms with Gasteiger partial charge in [0.05, 0.1) is 11.0 Å². The van der Waals surface area contributed by atoms with Gasteiger partial charge in [0.2, 0.25) is 6.08 Å². The lowest BCUT2D eigenvalue weighted by molar-refractivity contribution is 0.244. The first-order chi connectivity index (χ1) is 8.45. The predicted molar refractivity (Wildman–Crippen MR) is 76.4 cm³/mol. The first-order valence-corrected chi connectivity index (χ1v) is 6.88. The SMILES string of the molecule is CC(=CC(C)C)c1scc(N=C=O)c1OC(C)C. The number of carbonyl (C=O) groups excluding carboxylic acids is 1. The summed E-state index contributed by atoms with van der Waals surface area (Å²) < 4.78 is 5.77. The summed E-state index contributed by atoms with van der Waals surface area (Å²) in [5.74, 6) is 1.16. The Hall–Kier alpha value is -1.38. The van der Waals surface area contributed by atoms with Crippen molar-refractivity contribution in [3.8, 4) is 5.75 Å². The molecule has 3 nitrogen and oxygen atoms in total. The minimum absolute atomic E-state index is 0.0470. The molecule has 4 heteroatoms. The maximum absolute atomic E-state index is 10.4. The van der Waals surface area contributed by atoms with Crippen LogP contribution in [0.2, 0.25) is 0 Å². The minimum Gasteiger partial charge on any atom is -0.487 e. The van der Waals surface area contributed by atoms with E-state index in [0.29, 0.717) is 17.4 Å². The molecule has 1 aromatic heterocycles. The quantitative estimate of drug-likeness (QED) is 0.578. The fourth-order valence-electron chi connectivity index (χ4n) is 1.66. The van der Waals surface area contributed by atoms with E-state index in [0.717, 1.165) is 10.5 Å². The van der Waals surface area contributed by atoms with Crippen LogP contribution >= 0.6 is 11.3 Å². The smallest absolute Gasteiger partial charge is 0.240 e. The van der Waals surface area contributed by atoms with Gasteiger partial charge in [0.15, 0.2) is 5.75 Å². The molecule has 0 aromatic carbocycles. The van der Waals surface area contributed by atoms with E-state index >= 15 is 0 Å². The molecule has 1 rings (SSSR count). The zero-order valence-electron chi connectivity index (χ0n) is 11.5. The first-order valence-electron chi connectivity index (χ1n) is 6.00. The monoisotopic (exact) mass is 265 g/mol. The number of aliphatic imine (C=N–C) groups is 1. The Balaban J connectivity index is 3.23. The molecule has 0 atom stereocenters. The standard InChI is InChI=1S/C14H19NO2S/c1-9(2)6-11(5)14-13(17-10(3)4)12(7-18-14)15-8-16/h6-7,9-10H,1-5H3. The van der Waals surface area contributed by atoms with Crippen molar-refractivity contribution in [2.24, 2.45) is 10.9 Å². The van der Waals surface area contributed by atoms with Gasteiger partial charge in [0.25, 0.3) is 0 Å². The Labute approximate surface area is 112 Å². The Bertz CT molecular complexity index is 480. The summed E-state index contributed by atoms with van der Waals surface area (Å²) in [6.45, 7) is 10.2. The largest absolute Gasteiger partial charge is 0.487 e. The third-order valence-electron chi connectivity index (χ3n) is 2.19. The molecule has 98 valence electrons. The summed E-state index contributed by atoms with van der Waals surface area (Å²) in [5, 5.41) is 1.83. The van der Waals surface area contributed by atoms with Crippen LogP contribution in [0.3, 0.4) is 0 Å². The highest BCUT2D eigenvalue weighted by Gasteiger charge is 2.16. The number of allylic oxidation sites excluding steroid dienone is 2. The molecule has 0 fully saturated rings. The molecule has 0 aliphatic heterocycles. The van der Waals surface area contributed by atoms with E-state index < -0.39 is 0 Å². The summed E-state index contributed by atoms with van der Waals surface area (Å²) in [6, 6.07) is 0. The number of nitrogens with zero attached hydrogens (tertiary/aromatic N) is 1. The molecular weight excluding hydrogens is 246 g/mol. The van der Waals surface area contributed by atoms with Crippen LogP contribution in [0.5, 0.6) is 5.75 Å². The molecule has 0 saturated carbocycles. The fraction of sp³-hybridized carbons (Fsp3) is 0.500. The highest BCUT2D eigenvalue weighted by atomic mass is 32.1. The molecule has 0 spiro atoms. The zero-order chi connectivity index (χ0) is 13.7. The molecule has 0 aliphatic carbocycles. The van der Waals surface area contributed by atoms with Gasteiger partial charge in [-0.1, -0.05) is 19.9 Å². The number of isocyanates is 1. The molecule has 0 amide bonds. The van der Waals surface area contributed by atoms with Crippen LogP contribution in [0.1, 0.15) is 39.5 Å². The molecule has 1 heterocycles. The zero-order valence-corrected chi connectivity index (χ0v) is 12.3. The number of rotatable bonds is 5. The lowest BCUT2D eigenvalue weighted by Crippen LogP contribution is -2.06. The second-order valence-electron chi connectivity index (χ2n) is 4.74. The van der Waals surface area contributed by atoms with Gasteiger partial charge < -0.3 is 4.74 Å². The summed E-state index contributed by atoms with van der Waals surface area (Å²) in [7, 11) is 0. The van der Waals surface area contributed by atoms with Crippen molar-refractivity contribution in [1.82, 2.24) is 0 Å². The minimum atomic E-state index is 0.0470. The van der Waals surface area contributed by atoms with Crippen LogP contribution in [0.15, 0.2) is 16.4 Å². The van der Waals surface area contributed by atoms with Gasteiger partial charge in [-0.05, 0) is 32.3 Å². The number of ether oxygens (including phenoxy) is 1. The van der Waals surface area contributed by atoms with Crippen LogP contribution in [0, 0.1) is 5.92 Å². The van der Waals surface area contributed by atoms with E-state index in [1.54, 1.807) is 17.4 Å². The highest BCUT2D eigenvalue weighted by molar-refractivity contribution is 7.12. The Kier molecular flexibility index (Phi) is 5.32. The Morgan fingerprint density at radius 3 is 2.61 bits per heavy atom. The molecule has 1 aromatic rings. The van der Waals surface area contributed by atoms with Gasteiger partial charge in [0.1, 0.15) is 5.69 Å². The van der Waals surface area contributed by atoms with Crippen LogP contribution in [-0.2, 0) is 4.79 Å². The molecule has 0 saturated heterocycles. The summed E-state index contributed by atoms with van der Waals surface area (Å²) in [5.41, 5.74) is 1.72. The van der Waals surface area contributed by atoms with E-state index in [2.05, 4.69) is 24.9 Å². The first kappa shape index (κ1) is 14.7. The van der Waals surface area contributed by atoms with Gasteiger partial charge in [-0.15, -0.1) is 11.3 Å². The van der Waals surface area contributed by atoms with Crippen molar-refractivity contribution >= 4 is 28.7 Å². The third kappa shape index (κ3) is 3.83. The second kappa shape index (κ2) is 6.53. The van der Waals surface area contributed by atoms with Gasteiger partial charge in [-0.3, -0.25) is 0 Å². The van der Waals surface area contributed by atoms with Gasteiger partial charge in [-0.25, -0.2) is 4.79 Å². The van der Waals surface area contributed by atoms with Crippen molar-refractivity contribution in [1.29, 1.82) is 0 Å². The van der Waals surface area contributed by atoms with E-state index in [9.17, 15) is 4.79 Å². The van der Waals surface area contributed by atoms with E-state index in [-0.39, 0.29) is 6.10 Å². The molecular formula is C14H19NO2S. The number of thiophene rings is 1. The maximum Gasteiger partial charge on any atom is 0.240 e. The normalized spacial score (nSPS) is 11.8. The van der Waals surface area contributed by atoms with Crippen LogP contribution in [-0.4, -0.2) is 12.2 Å². The van der Waals surface area contributed by atoms with Crippen LogP contribution in [0.4, 0.5) is 5.69 Å². The van der Waals surface area contributed by atoms with Crippen molar-refractivity contribution < 1.29 is 9.53 Å². The van der Waals surface area contributed by atoms with Crippen molar-refractivity contribution in [3.05, 3.63) is 16.3 Å². The lowest BCUT2D eigenvalue weighted by Gasteiger charge is -2.12.